The molecule has 0 aliphatic carbocycles. The third-order valence-electron chi connectivity index (χ3n) is 2.78. The second-order valence-corrected chi connectivity index (χ2v) is 5.23. The Morgan fingerprint density at radius 1 is 1.25 bits per heavy atom. The van der Waals surface area contributed by atoms with E-state index >= 15 is 0 Å². The molecule has 1 heterocycles. The minimum Gasteiger partial charge on any atom is -0.481 e. The lowest BCUT2D eigenvalue weighted by molar-refractivity contribution is -0.136. The van der Waals surface area contributed by atoms with Crippen LogP contribution in [0.1, 0.15) is 26.4 Å². The van der Waals surface area contributed by atoms with Gasteiger partial charge in [-0.05, 0) is 34.7 Å². The van der Waals surface area contributed by atoms with Crippen LogP contribution < -0.4 is 0 Å². The highest BCUT2D eigenvalue weighted by molar-refractivity contribution is 14.1. The second kappa shape index (κ2) is 6.00. The topological polar surface area (TPSA) is 76.4 Å². The summed E-state index contributed by atoms with van der Waals surface area (Å²) in [4.78, 5) is 34.4. The SMILES string of the molecule is O=Cc1c(CC(=O)O)c(I)cn1C(=O)c1ccccc1. The molecule has 6 heteroatoms. The zero-order valence-electron chi connectivity index (χ0n) is 10.2. The number of aromatic nitrogens is 1. The highest BCUT2D eigenvalue weighted by Gasteiger charge is 2.20. The number of hydrogen-bond acceptors (Lipinski definition) is 3. The van der Waals surface area contributed by atoms with Gasteiger partial charge in [-0.25, -0.2) is 0 Å². The number of carboxylic acids is 1. The van der Waals surface area contributed by atoms with Gasteiger partial charge in [-0.1, -0.05) is 18.2 Å². The van der Waals surface area contributed by atoms with Crippen LogP contribution in [0.15, 0.2) is 36.5 Å². The molecular formula is C14H10INO4. The first-order valence-corrected chi connectivity index (χ1v) is 6.79. The van der Waals surface area contributed by atoms with Crippen LogP contribution in [0.25, 0.3) is 0 Å². The summed E-state index contributed by atoms with van der Waals surface area (Å²) >= 11 is 1.92. The Balaban J connectivity index is 2.50. The number of carbonyl (C=O) groups excluding carboxylic acids is 2. The van der Waals surface area contributed by atoms with Crippen molar-refractivity contribution < 1.29 is 19.5 Å². The van der Waals surface area contributed by atoms with E-state index in [0.29, 0.717) is 21.0 Å². The third-order valence-corrected chi connectivity index (χ3v) is 3.71. The van der Waals surface area contributed by atoms with Gasteiger partial charge in [-0.2, -0.15) is 0 Å². The molecule has 1 N–H and O–H groups in total. The number of carboxylic acid groups (broad SMARTS) is 1. The van der Waals surface area contributed by atoms with Crippen LogP contribution in [0.3, 0.4) is 0 Å². The van der Waals surface area contributed by atoms with Crippen LogP contribution in [-0.2, 0) is 11.2 Å². The zero-order chi connectivity index (χ0) is 14.7. The van der Waals surface area contributed by atoms with E-state index in [-0.39, 0.29) is 18.0 Å². The van der Waals surface area contributed by atoms with Crippen LogP contribution in [-0.4, -0.2) is 27.8 Å². The molecule has 2 rings (SSSR count). The number of benzene rings is 1. The van der Waals surface area contributed by atoms with E-state index in [1.807, 2.05) is 22.6 Å². The highest BCUT2D eigenvalue weighted by Crippen LogP contribution is 2.20. The maximum absolute atomic E-state index is 12.3. The number of carbonyl (C=O) groups is 3. The lowest BCUT2D eigenvalue weighted by Crippen LogP contribution is -2.15. The Labute approximate surface area is 128 Å². The van der Waals surface area contributed by atoms with E-state index in [1.165, 1.54) is 10.8 Å². The normalized spacial score (nSPS) is 10.2. The summed E-state index contributed by atoms with van der Waals surface area (Å²) in [5, 5.41) is 8.86. The van der Waals surface area contributed by atoms with Gasteiger partial charge in [-0.15, -0.1) is 0 Å². The molecule has 0 amide bonds. The number of aldehydes is 1. The maximum Gasteiger partial charge on any atom is 0.307 e. The predicted molar refractivity (Wildman–Crippen MR) is 80.0 cm³/mol. The Morgan fingerprint density at radius 3 is 2.45 bits per heavy atom. The van der Waals surface area contributed by atoms with Crippen molar-refractivity contribution in [1.29, 1.82) is 0 Å². The van der Waals surface area contributed by atoms with Crippen molar-refractivity contribution in [2.45, 2.75) is 6.42 Å². The highest BCUT2D eigenvalue weighted by atomic mass is 127. The van der Waals surface area contributed by atoms with Crippen LogP contribution in [0, 0.1) is 3.57 Å². The quantitative estimate of drug-likeness (QED) is 0.649. The summed E-state index contributed by atoms with van der Waals surface area (Å²) in [6.45, 7) is 0. The number of halogens is 1. The van der Waals surface area contributed by atoms with Gasteiger partial charge >= 0.3 is 5.97 Å². The molecule has 20 heavy (non-hydrogen) atoms. The summed E-state index contributed by atoms with van der Waals surface area (Å²) < 4.78 is 1.78. The number of aliphatic carboxylic acids is 1. The Hall–Kier alpha value is -1.96. The molecule has 102 valence electrons. The van der Waals surface area contributed by atoms with Crippen molar-refractivity contribution in [2.24, 2.45) is 0 Å². The molecule has 2 aromatic rings. The summed E-state index contributed by atoms with van der Waals surface area (Å²) in [7, 11) is 0. The van der Waals surface area contributed by atoms with Crippen molar-refractivity contribution in [2.75, 3.05) is 0 Å². The average Bonchev–Trinajstić information content (AvgIpc) is 2.75. The maximum atomic E-state index is 12.3. The Bertz CT molecular complexity index is 676. The molecule has 0 atom stereocenters. The van der Waals surface area contributed by atoms with Gasteiger partial charge in [0.05, 0.1) is 12.1 Å². The van der Waals surface area contributed by atoms with Crippen LogP contribution in [0.5, 0.6) is 0 Å². The van der Waals surface area contributed by atoms with E-state index in [2.05, 4.69) is 0 Å². The fourth-order valence-corrected chi connectivity index (χ4v) is 2.62. The number of nitrogens with zero attached hydrogens (tertiary/aromatic N) is 1. The number of rotatable bonds is 4. The molecule has 0 aliphatic rings. The molecule has 0 bridgehead atoms. The van der Waals surface area contributed by atoms with Crippen molar-refractivity contribution in [3.05, 3.63) is 56.9 Å². The molecule has 5 nitrogen and oxygen atoms in total. The monoisotopic (exact) mass is 383 g/mol. The van der Waals surface area contributed by atoms with Crippen molar-refractivity contribution in [1.82, 2.24) is 4.57 Å². The molecule has 0 aliphatic heterocycles. The largest absolute Gasteiger partial charge is 0.481 e. The van der Waals surface area contributed by atoms with E-state index < -0.39 is 5.97 Å². The van der Waals surface area contributed by atoms with Gasteiger partial charge in [-0.3, -0.25) is 19.0 Å². The van der Waals surface area contributed by atoms with Crippen molar-refractivity contribution in [3.63, 3.8) is 0 Å². The third kappa shape index (κ3) is 2.79. The fourth-order valence-electron chi connectivity index (χ4n) is 1.87. The smallest absolute Gasteiger partial charge is 0.307 e. The van der Waals surface area contributed by atoms with Gasteiger partial charge in [0.25, 0.3) is 5.91 Å². The first kappa shape index (κ1) is 14.4. The summed E-state index contributed by atoms with van der Waals surface area (Å²) in [5.41, 5.74) is 0.881. The lowest BCUT2D eigenvalue weighted by Gasteiger charge is -2.04. The Kier molecular flexibility index (Phi) is 4.33. The molecule has 0 saturated carbocycles. The van der Waals surface area contributed by atoms with Crippen LogP contribution in [0.2, 0.25) is 0 Å². The van der Waals surface area contributed by atoms with E-state index in [4.69, 9.17) is 5.11 Å². The molecule has 0 unspecified atom stereocenters. The molecule has 0 fully saturated rings. The van der Waals surface area contributed by atoms with Gasteiger partial charge in [0.2, 0.25) is 0 Å². The molecule has 0 radical (unpaired) electrons. The summed E-state index contributed by atoms with van der Waals surface area (Å²) in [6.07, 6.45) is 1.71. The summed E-state index contributed by atoms with van der Waals surface area (Å²) in [6, 6.07) is 8.51. The van der Waals surface area contributed by atoms with Gasteiger partial charge < -0.3 is 5.11 Å². The first-order valence-electron chi connectivity index (χ1n) is 5.71. The lowest BCUT2D eigenvalue weighted by atomic mass is 10.2. The first-order chi connectivity index (χ1) is 9.54. The minimum atomic E-state index is -1.05. The van der Waals surface area contributed by atoms with E-state index in [9.17, 15) is 14.4 Å². The predicted octanol–water partition coefficient (Wildman–Crippen LogP) is 2.22. The second-order valence-electron chi connectivity index (χ2n) is 4.07. The fraction of sp³-hybridized carbons (Fsp3) is 0.0714. The van der Waals surface area contributed by atoms with Gasteiger partial charge in [0, 0.05) is 20.9 Å². The van der Waals surface area contributed by atoms with Gasteiger partial charge in [0.15, 0.2) is 6.29 Å². The molecule has 1 aromatic carbocycles. The van der Waals surface area contributed by atoms with Crippen molar-refractivity contribution in [3.8, 4) is 0 Å². The summed E-state index contributed by atoms with van der Waals surface area (Å²) in [5.74, 6) is -1.40. The van der Waals surface area contributed by atoms with Crippen LogP contribution in [0.4, 0.5) is 0 Å². The zero-order valence-corrected chi connectivity index (χ0v) is 12.4. The minimum absolute atomic E-state index is 0.0886. The Morgan fingerprint density at radius 2 is 1.90 bits per heavy atom. The van der Waals surface area contributed by atoms with Gasteiger partial charge in [0.1, 0.15) is 0 Å². The molecule has 1 aromatic heterocycles. The van der Waals surface area contributed by atoms with Crippen LogP contribution >= 0.6 is 22.6 Å². The van der Waals surface area contributed by atoms with E-state index in [0.717, 1.165) is 0 Å². The molecule has 0 saturated heterocycles. The number of hydrogen-bond donors (Lipinski definition) is 1. The van der Waals surface area contributed by atoms with Crippen molar-refractivity contribution >= 4 is 40.8 Å². The molecule has 0 spiro atoms. The van der Waals surface area contributed by atoms with E-state index in [1.54, 1.807) is 30.3 Å². The molecular weight excluding hydrogens is 373 g/mol. The standard InChI is InChI=1S/C14H10INO4/c15-11-7-16(12(8-17)10(11)6-13(18)19)14(20)9-4-2-1-3-5-9/h1-5,7-8H,6H2,(H,18,19). The average molecular weight is 383 g/mol.